The first-order chi connectivity index (χ1) is 14.0. The molecule has 9 heteroatoms. The van der Waals surface area contributed by atoms with Gasteiger partial charge in [0, 0.05) is 30.2 Å². The van der Waals surface area contributed by atoms with Gasteiger partial charge in [0.15, 0.2) is 4.80 Å². The summed E-state index contributed by atoms with van der Waals surface area (Å²) in [5.74, 6) is 0.526. The number of non-ortho nitro benzene ring substituents is 1. The third-order valence-corrected chi connectivity index (χ3v) is 6.17. The minimum Gasteiger partial charge on any atom is -0.380 e. The number of nitro groups is 1. The zero-order chi connectivity index (χ0) is 20.8. The van der Waals surface area contributed by atoms with Crippen LogP contribution in [-0.4, -0.2) is 34.4 Å². The van der Waals surface area contributed by atoms with Gasteiger partial charge in [0.05, 0.1) is 27.3 Å². The molecule has 0 radical (unpaired) electrons. The number of nitro benzene ring substituents is 1. The van der Waals surface area contributed by atoms with Gasteiger partial charge in [-0.15, -0.1) is 11.8 Å². The SMILES string of the molecule is CCOCCn1c(=NC(=O)c2ccccc2SCC)sc2ccc([N+](=O)[O-])cc21. The number of benzene rings is 2. The normalized spacial score (nSPS) is 11.9. The van der Waals surface area contributed by atoms with Crippen molar-refractivity contribution in [3.8, 4) is 0 Å². The number of thioether (sulfide) groups is 1. The highest BCUT2D eigenvalue weighted by atomic mass is 32.2. The lowest BCUT2D eigenvalue weighted by molar-refractivity contribution is -0.384. The number of hydrogen-bond donors (Lipinski definition) is 0. The molecule has 0 bridgehead atoms. The van der Waals surface area contributed by atoms with Crippen molar-refractivity contribution < 1.29 is 14.5 Å². The molecule has 0 fully saturated rings. The second-order valence-corrected chi connectivity index (χ2v) is 8.30. The summed E-state index contributed by atoms with van der Waals surface area (Å²) in [4.78, 5) is 29.4. The summed E-state index contributed by atoms with van der Waals surface area (Å²) in [5, 5.41) is 11.2. The number of thiazole rings is 1. The van der Waals surface area contributed by atoms with Crippen LogP contribution in [0.4, 0.5) is 5.69 Å². The van der Waals surface area contributed by atoms with E-state index in [9.17, 15) is 14.9 Å². The number of hydrogen-bond acceptors (Lipinski definition) is 6. The first kappa shape index (κ1) is 21.2. The maximum atomic E-state index is 12.9. The van der Waals surface area contributed by atoms with Crippen LogP contribution < -0.4 is 4.80 Å². The van der Waals surface area contributed by atoms with Crippen molar-refractivity contribution in [2.75, 3.05) is 19.0 Å². The molecule has 2 aromatic carbocycles. The van der Waals surface area contributed by atoms with Crippen molar-refractivity contribution in [2.24, 2.45) is 4.99 Å². The lowest BCUT2D eigenvalue weighted by atomic mass is 10.2. The van der Waals surface area contributed by atoms with Crippen molar-refractivity contribution >= 4 is 44.9 Å². The third kappa shape index (κ3) is 4.92. The zero-order valence-electron chi connectivity index (χ0n) is 16.2. The molecule has 29 heavy (non-hydrogen) atoms. The number of carbonyl (C=O) groups is 1. The molecule has 0 unspecified atom stereocenters. The highest BCUT2D eigenvalue weighted by molar-refractivity contribution is 7.99. The minimum absolute atomic E-state index is 0.00280. The maximum absolute atomic E-state index is 12.9. The lowest BCUT2D eigenvalue weighted by Crippen LogP contribution is -2.20. The molecule has 0 aliphatic heterocycles. The summed E-state index contributed by atoms with van der Waals surface area (Å²) < 4.78 is 8.09. The second kappa shape index (κ2) is 9.82. The Morgan fingerprint density at radius 2 is 2.07 bits per heavy atom. The van der Waals surface area contributed by atoms with Crippen molar-refractivity contribution in [2.45, 2.75) is 25.3 Å². The van der Waals surface area contributed by atoms with Gasteiger partial charge in [-0.1, -0.05) is 30.4 Å². The first-order valence-corrected chi connectivity index (χ1v) is 11.0. The van der Waals surface area contributed by atoms with Crippen LogP contribution in [0.1, 0.15) is 24.2 Å². The van der Waals surface area contributed by atoms with Gasteiger partial charge in [-0.2, -0.15) is 4.99 Å². The summed E-state index contributed by atoms with van der Waals surface area (Å²) in [6.45, 7) is 5.37. The van der Waals surface area contributed by atoms with Crippen LogP contribution in [0.5, 0.6) is 0 Å². The average Bonchev–Trinajstić information content (AvgIpc) is 3.05. The van der Waals surface area contributed by atoms with Crippen molar-refractivity contribution in [3.05, 3.63) is 62.9 Å². The van der Waals surface area contributed by atoms with Crippen LogP contribution >= 0.6 is 23.1 Å². The molecular formula is C20H21N3O4S2. The molecule has 0 saturated heterocycles. The quantitative estimate of drug-likeness (QED) is 0.227. The number of amides is 1. The van der Waals surface area contributed by atoms with Gasteiger partial charge in [-0.05, 0) is 30.9 Å². The number of rotatable bonds is 8. The van der Waals surface area contributed by atoms with E-state index in [0.29, 0.717) is 35.6 Å². The molecular weight excluding hydrogens is 410 g/mol. The third-order valence-electron chi connectivity index (χ3n) is 4.15. The summed E-state index contributed by atoms with van der Waals surface area (Å²) in [7, 11) is 0. The topological polar surface area (TPSA) is 86.7 Å². The predicted molar refractivity (Wildman–Crippen MR) is 116 cm³/mol. The van der Waals surface area contributed by atoms with Crippen LogP contribution in [-0.2, 0) is 11.3 Å². The number of ether oxygens (including phenoxy) is 1. The molecule has 0 aliphatic carbocycles. The molecule has 3 aromatic rings. The van der Waals surface area contributed by atoms with E-state index in [1.807, 2.05) is 36.6 Å². The van der Waals surface area contributed by atoms with Crippen LogP contribution in [0.2, 0.25) is 0 Å². The molecule has 3 rings (SSSR count). The van der Waals surface area contributed by atoms with E-state index in [1.165, 1.54) is 23.5 Å². The fraction of sp³-hybridized carbons (Fsp3) is 0.300. The van der Waals surface area contributed by atoms with Crippen LogP contribution in [0, 0.1) is 10.1 Å². The van der Waals surface area contributed by atoms with E-state index in [4.69, 9.17) is 4.74 Å². The van der Waals surface area contributed by atoms with Gasteiger partial charge in [-0.25, -0.2) is 0 Å². The zero-order valence-corrected chi connectivity index (χ0v) is 17.8. The summed E-state index contributed by atoms with van der Waals surface area (Å²) in [5.41, 5.74) is 1.23. The molecule has 1 amide bonds. The minimum atomic E-state index is -0.426. The van der Waals surface area contributed by atoms with Crippen molar-refractivity contribution in [3.63, 3.8) is 0 Å². The maximum Gasteiger partial charge on any atom is 0.280 e. The number of aromatic nitrogens is 1. The van der Waals surface area contributed by atoms with E-state index < -0.39 is 4.92 Å². The monoisotopic (exact) mass is 431 g/mol. The smallest absolute Gasteiger partial charge is 0.280 e. The van der Waals surface area contributed by atoms with Gasteiger partial charge in [-0.3, -0.25) is 14.9 Å². The molecule has 0 atom stereocenters. The van der Waals surface area contributed by atoms with Crippen molar-refractivity contribution in [1.82, 2.24) is 4.57 Å². The fourth-order valence-corrected chi connectivity index (χ4v) is 4.68. The highest BCUT2D eigenvalue weighted by Gasteiger charge is 2.15. The average molecular weight is 432 g/mol. The number of carbonyl (C=O) groups excluding carboxylic acids is 1. The summed E-state index contributed by atoms with van der Waals surface area (Å²) in [6, 6.07) is 12.1. The number of fused-ring (bicyclic) bond motifs is 1. The molecule has 0 aliphatic rings. The molecule has 1 heterocycles. The summed E-state index contributed by atoms with van der Waals surface area (Å²) in [6.07, 6.45) is 0. The Morgan fingerprint density at radius 3 is 2.79 bits per heavy atom. The molecule has 1 aromatic heterocycles. The van der Waals surface area contributed by atoms with Crippen LogP contribution in [0.15, 0.2) is 52.4 Å². The van der Waals surface area contributed by atoms with Gasteiger partial charge in [0.1, 0.15) is 0 Å². The molecule has 0 saturated carbocycles. The van der Waals surface area contributed by atoms with E-state index in [2.05, 4.69) is 4.99 Å². The van der Waals surface area contributed by atoms with Gasteiger partial charge < -0.3 is 9.30 Å². The Labute approximate surface area is 176 Å². The Bertz CT molecular complexity index is 1100. The number of nitrogens with zero attached hydrogens (tertiary/aromatic N) is 3. The molecule has 0 spiro atoms. The Morgan fingerprint density at radius 1 is 1.28 bits per heavy atom. The van der Waals surface area contributed by atoms with E-state index >= 15 is 0 Å². The largest absolute Gasteiger partial charge is 0.380 e. The second-order valence-electron chi connectivity index (χ2n) is 5.99. The highest BCUT2D eigenvalue weighted by Crippen LogP contribution is 2.25. The van der Waals surface area contributed by atoms with E-state index in [0.717, 1.165) is 15.3 Å². The Hall–Kier alpha value is -2.49. The molecule has 152 valence electrons. The van der Waals surface area contributed by atoms with Gasteiger partial charge in [0.25, 0.3) is 11.6 Å². The van der Waals surface area contributed by atoms with Crippen LogP contribution in [0.25, 0.3) is 10.2 Å². The van der Waals surface area contributed by atoms with Crippen molar-refractivity contribution in [1.29, 1.82) is 0 Å². The lowest BCUT2D eigenvalue weighted by Gasteiger charge is -2.06. The van der Waals surface area contributed by atoms with Gasteiger partial charge >= 0.3 is 0 Å². The van der Waals surface area contributed by atoms with E-state index in [-0.39, 0.29) is 11.6 Å². The predicted octanol–water partition coefficient (Wildman–Crippen LogP) is 4.50. The van der Waals surface area contributed by atoms with Gasteiger partial charge in [0.2, 0.25) is 0 Å². The molecule has 0 N–H and O–H groups in total. The Kier molecular flexibility index (Phi) is 7.18. The Balaban J connectivity index is 2.10. The van der Waals surface area contributed by atoms with Crippen LogP contribution in [0.3, 0.4) is 0 Å². The molecule has 7 nitrogen and oxygen atoms in total. The first-order valence-electron chi connectivity index (χ1n) is 9.21. The van der Waals surface area contributed by atoms with E-state index in [1.54, 1.807) is 23.9 Å². The standard InChI is InChI=1S/C20H21N3O4S2/c1-3-27-12-11-22-16-13-14(23(25)26)9-10-18(16)29-20(22)21-19(24)15-7-5-6-8-17(15)28-4-2/h5-10,13H,3-4,11-12H2,1-2H3. The fourth-order valence-electron chi connectivity index (χ4n) is 2.84. The summed E-state index contributed by atoms with van der Waals surface area (Å²) >= 11 is 2.93.